The summed E-state index contributed by atoms with van der Waals surface area (Å²) in [7, 11) is 0. The van der Waals surface area contributed by atoms with Gasteiger partial charge in [-0.1, -0.05) is 35.5 Å². The van der Waals surface area contributed by atoms with Crippen molar-refractivity contribution in [2.75, 3.05) is 6.61 Å². The molecule has 0 bridgehead atoms. The van der Waals surface area contributed by atoms with Gasteiger partial charge in [0.15, 0.2) is 12.7 Å². The van der Waals surface area contributed by atoms with Crippen LogP contribution in [0.5, 0.6) is 0 Å². The van der Waals surface area contributed by atoms with Crippen molar-refractivity contribution in [3.8, 4) is 0 Å². The molecule has 108 valence electrons. The van der Waals surface area contributed by atoms with Crippen LogP contribution in [-0.2, 0) is 11.3 Å². The second-order valence-corrected chi connectivity index (χ2v) is 4.42. The number of hydrogen-bond acceptors (Lipinski definition) is 4. The van der Waals surface area contributed by atoms with E-state index < -0.39 is 0 Å². The number of aromatic nitrogens is 1. The standard InChI is InChI=1S/C16H16N2O3/c1-2-21-16(19)14-8-9-15(10-17-20)18(12-14)11-13-6-4-3-5-7-13/h3-10,12H,2,11H2,1H3/p+1. The summed E-state index contributed by atoms with van der Waals surface area (Å²) in [6.45, 7) is 2.66. The van der Waals surface area contributed by atoms with Crippen molar-refractivity contribution >= 4 is 12.2 Å². The van der Waals surface area contributed by atoms with Gasteiger partial charge in [0.05, 0.1) is 6.61 Å². The topological polar surface area (TPSA) is 62.8 Å². The summed E-state index contributed by atoms with van der Waals surface area (Å²) < 4.78 is 6.83. The first-order valence-corrected chi connectivity index (χ1v) is 6.66. The average Bonchev–Trinajstić information content (AvgIpc) is 2.50. The van der Waals surface area contributed by atoms with Crippen LogP contribution in [0.2, 0.25) is 0 Å². The highest BCUT2D eigenvalue weighted by molar-refractivity contribution is 5.89. The van der Waals surface area contributed by atoms with E-state index in [1.165, 1.54) is 6.21 Å². The molecule has 0 spiro atoms. The molecule has 0 fully saturated rings. The smallest absolute Gasteiger partial charge is 0.344 e. The van der Waals surface area contributed by atoms with E-state index in [9.17, 15) is 4.79 Å². The molecule has 0 saturated heterocycles. The van der Waals surface area contributed by atoms with Gasteiger partial charge in [-0.2, -0.15) is 4.57 Å². The fourth-order valence-electron chi connectivity index (χ4n) is 1.98. The Labute approximate surface area is 123 Å². The molecule has 0 aliphatic heterocycles. The molecule has 5 heteroatoms. The molecule has 0 radical (unpaired) electrons. The van der Waals surface area contributed by atoms with Gasteiger partial charge in [0, 0.05) is 11.6 Å². The maximum atomic E-state index is 11.8. The molecule has 1 aromatic heterocycles. The van der Waals surface area contributed by atoms with Crippen LogP contribution >= 0.6 is 0 Å². The largest absolute Gasteiger partial charge is 0.462 e. The minimum atomic E-state index is -0.369. The third-order valence-electron chi connectivity index (χ3n) is 2.96. The molecule has 1 aromatic carbocycles. The number of esters is 1. The SMILES string of the molecule is CCOC(=O)c1ccc(/C=N/O)[n+](Cc2ccccc2)c1. The molecule has 1 N–H and O–H groups in total. The third kappa shape index (κ3) is 3.89. The van der Waals surface area contributed by atoms with Crippen LogP contribution in [0.15, 0.2) is 53.8 Å². The maximum absolute atomic E-state index is 11.8. The van der Waals surface area contributed by atoms with Crippen LogP contribution in [0.25, 0.3) is 0 Å². The van der Waals surface area contributed by atoms with Gasteiger partial charge < -0.3 is 9.94 Å². The number of nitrogens with zero attached hydrogens (tertiary/aromatic N) is 2. The maximum Gasteiger partial charge on any atom is 0.344 e. The van der Waals surface area contributed by atoms with Gasteiger partial charge in [-0.3, -0.25) is 0 Å². The van der Waals surface area contributed by atoms with Gasteiger partial charge in [-0.15, -0.1) is 0 Å². The Hall–Kier alpha value is -2.69. The van der Waals surface area contributed by atoms with Crippen molar-refractivity contribution in [1.82, 2.24) is 0 Å². The highest BCUT2D eigenvalue weighted by Gasteiger charge is 2.16. The Morgan fingerprint density at radius 1 is 1.29 bits per heavy atom. The Bertz CT molecular complexity index is 639. The van der Waals surface area contributed by atoms with Gasteiger partial charge in [0.2, 0.25) is 5.69 Å². The molecule has 21 heavy (non-hydrogen) atoms. The number of ether oxygens (including phenoxy) is 1. The molecular weight excluding hydrogens is 268 g/mol. The molecule has 0 amide bonds. The number of pyridine rings is 1. The summed E-state index contributed by atoms with van der Waals surface area (Å²) in [6, 6.07) is 13.2. The fraction of sp³-hybridized carbons (Fsp3) is 0.188. The first-order chi connectivity index (χ1) is 10.2. The van der Waals surface area contributed by atoms with Crippen LogP contribution in [-0.4, -0.2) is 24.0 Å². The normalized spacial score (nSPS) is 10.7. The number of carbonyl (C=O) groups is 1. The number of benzene rings is 1. The predicted octanol–water partition coefficient (Wildman–Crippen LogP) is 2.01. The summed E-state index contributed by atoms with van der Waals surface area (Å²) in [5, 5.41) is 11.8. The van der Waals surface area contributed by atoms with Crippen molar-refractivity contribution in [2.24, 2.45) is 5.16 Å². The minimum Gasteiger partial charge on any atom is -0.462 e. The van der Waals surface area contributed by atoms with Crippen molar-refractivity contribution in [2.45, 2.75) is 13.5 Å². The number of rotatable bonds is 5. The highest BCUT2D eigenvalue weighted by Crippen LogP contribution is 2.03. The van der Waals surface area contributed by atoms with Gasteiger partial charge in [-0.05, 0) is 13.0 Å². The zero-order valence-corrected chi connectivity index (χ0v) is 11.8. The quantitative estimate of drug-likeness (QED) is 0.300. The van der Waals surface area contributed by atoms with Crippen molar-refractivity contribution < 1.29 is 19.3 Å². The lowest BCUT2D eigenvalue weighted by Gasteiger charge is -2.04. The van der Waals surface area contributed by atoms with E-state index in [1.807, 2.05) is 34.9 Å². The molecule has 5 nitrogen and oxygen atoms in total. The van der Waals surface area contributed by atoms with Crippen LogP contribution in [0.4, 0.5) is 0 Å². The van der Waals surface area contributed by atoms with Crippen LogP contribution in [0.3, 0.4) is 0 Å². The lowest BCUT2D eigenvalue weighted by atomic mass is 10.2. The number of oxime groups is 1. The predicted molar refractivity (Wildman–Crippen MR) is 77.5 cm³/mol. The summed E-state index contributed by atoms with van der Waals surface area (Å²) in [6.07, 6.45) is 3.03. The molecule has 2 rings (SSSR count). The molecule has 0 unspecified atom stereocenters. The molecule has 0 saturated carbocycles. The van der Waals surface area contributed by atoms with E-state index in [2.05, 4.69) is 5.16 Å². The molecular formula is C16H17N2O3+. The van der Waals surface area contributed by atoms with E-state index >= 15 is 0 Å². The molecule has 0 aliphatic carbocycles. The second kappa shape index (κ2) is 7.19. The monoisotopic (exact) mass is 285 g/mol. The highest BCUT2D eigenvalue weighted by atomic mass is 16.5. The third-order valence-corrected chi connectivity index (χ3v) is 2.96. The Morgan fingerprint density at radius 2 is 2.05 bits per heavy atom. The summed E-state index contributed by atoms with van der Waals surface area (Å²) in [5.74, 6) is -0.369. The number of carbonyl (C=O) groups excluding carboxylic acids is 1. The van der Waals surface area contributed by atoms with Gasteiger partial charge >= 0.3 is 5.97 Å². The molecule has 0 atom stereocenters. The molecule has 2 aromatic rings. The Kier molecular flexibility index (Phi) is 5.04. The fourth-order valence-corrected chi connectivity index (χ4v) is 1.98. The van der Waals surface area contributed by atoms with Crippen molar-refractivity contribution in [1.29, 1.82) is 0 Å². The zero-order valence-electron chi connectivity index (χ0n) is 11.8. The first kappa shape index (κ1) is 14.7. The van der Waals surface area contributed by atoms with E-state index in [-0.39, 0.29) is 5.97 Å². The van der Waals surface area contributed by atoms with Gasteiger partial charge in [-0.25, -0.2) is 4.79 Å². The van der Waals surface area contributed by atoms with Crippen LogP contribution in [0.1, 0.15) is 28.5 Å². The average molecular weight is 285 g/mol. The summed E-state index contributed by atoms with van der Waals surface area (Å²) in [5.41, 5.74) is 2.23. The van der Waals surface area contributed by atoms with Gasteiger partial charge in [0.1, 0.15) is 11.8 Å². The summed E-state index contributed by atoms with van der Waals surface area (Å²) >= 11 is 0. The Morgan fingerprint density at radius 3 is 2.71 bits per heavy atom. The lowest BCUT2D eigenvalue weighted by Crippen LogP contribution is -2.39. The molecule has 1 heterocycles. The Balaban J connectivity index is 2.35. The first-order valence-electron chi connectivity index (χ1n) is 6.66. The van der Waals surface area contributed by atoms with E-state index in [4.69, 9.17) is 9.94 Å². The van der Waals surface area contributed by atoms with E-state index in [0.29, 0.717) is 24.4 Å². The zero-order chi connectivity index (χ0) is 15.1. The molecule has 0 aliphatic rings. The van der Waals surface area contributed by atoms with Crippen LogP contribution < -0.4 is 4.57 Å². The summed E-state index contributed by atoms with van der Waals surface area (Å²) in [4.78, 5) is 11.8. The van der Waals surface area contributed by atoms with Gasteiger partial charge in [0.25, 0.3) is 0 Å². The minimum absolute atomic E-state index is 0.331. The number of hydrogen-bond donors (Lipinski definition) is 1. The second-order valence-electron chi connectivity index (χ2n) is 4.42. The lowest BCUT2D eigenvalue weighted by molar-refractivity contribution is -0.689. The van der Waals surface area contributed by atoms with E-state index in [0.717, 1.165) is 5.56 Å². The van der Waals surface area contributed by atoms with Crippen molar-refractivity contribution in [3.05, 3.63) is 65.5 Å². The van der Waals surface area contributed by atoms with E-state index in [1.54, 1.807) is 25.3 Å². The van der Waals surface area contributed by atoms with Crippen LogP contribution in [0, 0.1) is 0 Å². The van der Waals surface area contributed by atoms with Crippen molar-refractivity contribution in [3.63, 3.8) is 0 Å².